The Kier molecular flexibility index (Phi) is 4.36. The molecule has 0 radical (unpaired) electrons. The van der Waals surface area contributed by atoms with Crippen LogP contribution >= 0.6 is 0 Å². The van der Waals surface area contributed by atoms with Crippen LogP contribution in [0.1, 0.15) is 22.8 Å². The molecular formula is C21H18FNO3S. The number of fused-ring (bicyclic) bond motifs is 1. The average Bonchev–Trinajstić information content (AvgIpc) is 3.05. The Morgan fingerprint density at radius 1 is 1.00 bits per heavy atom. The van der Waals surface area contributed by atoms with Crippen molar-refractivity contribution in [1.29, 1.82) is 0 Å². The Morgan fingerprint density at radius 3 is 2.41 bits per heavy atom. The van der Waals surface area contributed by atoms with E-state index in [0.717, 1.165) is 16.7 Å². The zero-order valence-electron chi connectivity index (χ0n) is 14.6. The minimum absolute atomic E-state index is 0.204. The summed E-state index contributed by atoms with van der Waals surface area (Å²) in [5.41, 5.74) is 3.27. The van der Waals surface area contributed by atoms with E-state index in [1.54, 1.807) is 54.6 Å². The highest BCUT2D eigenvalue weighted by atomic mass is 32.2. The lowest BCUT2D eigenvalue weighted by molar-refractivity contribution is 0.238. The van der Waals surface area contributed by atoms with E-state index < -0.39 is 10.0 Å². The maximum atomic E-state index is 13.1. The molecule has 6 heteroatoms. The fourth-order valence-corrected chi connectivity index (χ4v) is 4.16. The van der Waals surface area contributed by atoms with E-state index in [4.69, 9.17) is 4.74 Å². The maximum Gasteiger partial charge on any atom is 0.261 e. The first-order valence-electron chi connectivity index (χ1n) is 8.55. The van der Waals surface area contributed by atoms with Crippen molar-refractivity contribution in [1.82, 2.24) is 0 Å². The van der Waals surface area contributed by atoms with Crippen LogP contribution < -0.4 is 9.46 Å². The Balaban J connectivity index is 1.54. The van der Waals surface area contributed by atoms with Gasteiger partial charge >= 0.3 is 0 Å². The summed E-state index contributed by atoms with van der Waals surface area (Å²) < 4.78 is 46.7. The molecule has 0 aromatic heterocycles. The molecule has 4 rings (SSSR count). The predicted molar refractivity (Wildman–Crippen MR) is 102 cm³/mol. The van der Waals surface area contributed by atoms with Gasteiger partial charge < -0.3 is 4.74 Å². The Labute approximate surface area is 157 Å². The Hall–Kier alpha value is -2.86. The topological polar surface area (TPSA) is 55.4 Å². The molecule has 1 N–H and O–H groups in total. The first-order valence-corrected chi connectivity index (χ1v) is 10.0. The van der Waals surface area contributed by atoms with Gasteiger partial charge in [-0.05, 0) is 55.0 Å². The molecule has 1 heterocycles. The number of anilines is 1. The minimum Gasteiger partial charge on any atom is -0.485 e. The maximum absolute atomic E-state index is 13.1. The average molecular weight is 383 g/mol. The van der Waals surface area contributed by atoms with Crippen LogP contribution in [0.25, 0.3) is 0 Å². The SMILES string of the molecule is Cc1ccc(S(=O)(=O)Nc2ccc3c(c2)CC(c2ccc(F)cc2)O3)cc1. The second-order valence-corrected chi connectivity index (χ2v) is 8.29. The quantitative estimate of drug-likeness (QED) is 0.716. The lowest BCUT2D eigenvalue weighted by Crippen LogP contribution is -2.12. The smallest absolute Gasteiger partial charge is 0.261 e. The van der Waals surface area contributed by atoms with Crippen LogP contribution in [0.5, 0.6) is 5.75 Å². The predicted octanol–water partition coefficient (Wildman–Crippen LogP) is 4.61. The van der Waals surface area contributed by atoms with Gasteiger partial charge in [0.15, 0.2) is 0 Å². The lowest BCUT2D eigenvalue weighted by atomic mass is 10.0. The Morgan fingerprint density at radius 2 is 1.70 bits per heavy atom. The number of hydrogen-bond donors (Lipinski definition) is 1. The van der Waals surface area contributed by atoms with E-state index in [2.05, 4.69) is 4.72 Å². The normalized spacial score (nSPS) is 15.9. The Bertz CT molecular complexity index is 1080. The van der Waals surface area contributed by atoms with Gasteiger partial charge in [0.1, 0.15) is 17.7 Å². The standard InChI is InChI=1S/C21H18FNO3S/c1-14-2-9-19(10-3-14)27(24,25)23-18-8-11-20-16(12-18)13-21(26-20)15-4-6-17(22)7-5-15/h2-12,21,23H,13H2,1H3. The van der Waals surface area contributed by atoms with Crippen LogP contribution in [-0.4, -0.2) is 8.42 Å². The van der Waals surface area contributed by atoms with E-state index in [-0.39, 0.29) is 16.8 Å². The summed E-state index contributed by atoms with van der Waals surface area (Å²) in [7, 11) is -3.65. The molecule has 1 aliphatic rings. The highest BCUT2D eigenvalue weighted by Gasteiger charge is 2.25. The van der Waals surface area contributed by atoms with Gasteiger partial charge in [-0.1, -0.05) is 29.8 Å². The first kappa shape index (κ1) is 17.5. The summed E-state index contributed by atoms with van der Waals surface area (Å²) in [5, 5.41) is 0. The van der Waals surface area contributed by atoms with Gasteiger partial charge in [-0.15, -0.1) is 0 Å². The van der Waals surface area contributed by atoms with Crippen molar-refractivity contribution >= 4 is 15.7 Å². The van der Waals surface area contributed by atoms with Crippen LogP contribution in [0.15, 0.2) is 71.6 Å². The van der Waals surface area contributed by atoms with Crippen LogP contribution in [0.4, 0.5) is 10.1 Å². The molecule has 1 atom stereocenters. The molecule has 4 nitrogen and oxygen atoms in total. The molecule has 27 heavy (non-hydrogen) atoms. The summed E-state index contributed by atoms with van der Waals surface area (Å²) in [6.07, 6.45) is 0.394. The van der Waals surface area contributed by atoms with Gasteiger partial charge in [0.25, 0.3) is 10.0 Å². The van der Waals surface area contributed by atoms with E-state index in [0.29, 0.717) is 17.9 Å². The van der Waals surface area contributed by atoms with E-state index in [1.807, 2.05) is 6.92 Å². The van der Waals surface area contributed by atoms with Crippen molar-refractivity contribution in [3.63, 3.8) is 0 Å². The minimum atomic E-state index is -3.65. The van der Waals surface area contributed by atoms with Crippen LogP contribution in [0, 0.1) is 12.7 Å². The first-order chi connectivity index (χ1) is 12.9. The number of hydrogen-bond acceptors (Lipinski definition) is 3. The molecule has 3 aromatic carbocycles. The number of rotatable bonds is 4. The van der Waals surface area contributed by atoms with E-state index >= 15 is 0 Å². The highest BCUT2D eigenvalue weighted by molar-refractivity contribution is 7.92. The van der Waals surface area contributed by atoms with Crippen LogP contribution in [0.2, 0.25) is 0 Å². The molecule has 0 bridgehead atoms. The molecule has 0 fully saturated rings. The summed E-state index contributed by atoms with van der Waals surface area (Å²) in [6.45, 7) is 1.90. The molecule has 138 valence electrons. The number of sulfonamides is 1. The number of ether oxygens (including phenoxy) is 1. The third-order valence-corrected chi connectivity index (χ3v) is 5.96. The summed E-state index contributed by atoms with van der Waals surface area (Å²) in [6, 6.07) is 18.1. The van der Waals surface area contributed by atoms with Crippen molar-refractivity contribution in [2.45, 2.75) is 24.3 Å². The largest absolute Gasteiger partial charge is 0.485 e. The molecule has 3 aromatic rings. The fraction of sp³-hybridized carbons (Fsp3) is 0.143. The van der Waals surface area contributed by atoms with E-state index in [9.17, 15) is 12.8 Å². The second kappa shape index (κ2) is 6.70. The number of aryl methyl sites for hydroxylation is 1. The summed E-state index contributed by atoms with van der Waals surface area (Å²) in [4.78, 5) is 0.217. The molecule has 0 aliphatic carbocycles. The van der Waals surface area contributed by atoms with Gasteiger partial charge in [-0.2, -0.15) is 0 Å². The van der Waals surface area contributed by atoms with Gasteiger partial charge in [-0.25, -0.2) is 12.8 Å². The van der Waals surface area contributed by atoms with Crippen molar-refractivity contribution in [3.05, 3.63) is 89.2 Å². The third kappa shape index (κ3) is 3.66. The summed E-state index contributed by atoms with van der Waals surface area (Å²) >= 11 is 0. The molecular weight excluding hydrogens is 365 g/mol. The molecule has 0 spiro atoms. The second-order valence-electron chi connectivity index (χ2n) is 6.60. The van der Waals surface area contributed by atoms with Gasteiger partial charge in [-0.3, -0.25) is 4.72 Å². The molecule has 0 saturated heterocycles. The van der Waals surface area contributed by atoms with E-state index in [1.165, 1.54) is 12.1 Å². The number of benzene rings is 3. The summed E-state index contributed by atoms with van der Waals surface area (Å²) in [5.74, 6) is 0.421. The molecule has 1 unspecified atom stereocenters. The fourth-order valence-electron chi connectivity index (χ4n) is 3.11. The number of halogens is 1. The highest BCUT2D eigenvalue weighted by Crippen LogP contribution is 2.38. The lowest BCUT2D eigenvalue weighted by Gasteiger charge is -2.10. The molecule has 1 aliphatic heterocycles. The van der Waals surface area contributed by atoms with Crippen molar-refractivity contribution in [2.75, 3.05) is 4.72 Å². The molecule has 0 amide bonds. The van der Waals surface area contributed by atoms with Gasteiger partial charge in [0, 0.05) is 17.7 Å². The van der Waals surface area contributed by atoms with Gasteiger partial charge in [0.2, 0.25) is 0 Å². The van der Waals surface area contributed by atoms with Crippen molar-refractivity contribution < 1.29 is 17.5 Å². The van der Waals surface area contributed by atoms with Crippen molar-refractivity contribution in [3.8, 4) is 5.75 Å². The molecule has 0 saturated carbocycles. The zero-order valence-corrected chi connectivity index (χ0v) is 15.5. The van der Waals surface area contributed by atoms with Crippen LogP contribution in [-0.2, 0) is 16.4 Å². The van der Waals surface area contributed by atoms with Gasteiger partial charge in [0.05, 0.1) is 4.90 Å². The zero-order chi connectivity index (χ0) is 19.0. The van der Waals surface area contributed by atoms with Crippen molar-refractivity contribution in [2.24, 2.45) is 0 Å². The third-order valence-electron chi connectivity index (χ3n) is 4.56. The van der Waals surface area contributed by atoms with Crippen LogP contribution in [0.3, 0.4) is 0 Å². The number of nitrogens with one attached hydrogen (secondary N) is 1. The monoisotopic (exact) mass is 383 g/mol.